The zero-order valence-corrected chi connectivity index (χ0v) is 13.4. The number of halogens is 2. The predicted octanol–water partition coefficient (Wildman–Crippen LogP) is 4.02. The van der Waals surface area contributed by atoms with Gasteiger partial charge in [0.2, 0.25) is 0 Å². The Hall–Kier alpha value is -0.840. The van der Waals surface area contributed by atoms with Crippen molar-refractivity contribution in [3.8, 4) is 0 Å². The molecule has 0 aliphatic rings. The summed E-state index contributed by atoms with van der Waals surface area (Å²) in [6.07, 6.45) is 0. The van der Waals surface area contributed by atoms with E-state index in [0.29, 0.717) is 14.8 Å². The Bertz CT molecular complexity index is 723. The van der Waals surface area contributed by atoms with Crippen molar-refractivity contribution in [1.82, 2.24) is 4.57 Å². The van der Waals surface area contributed by atoms with Gasteiger partial charge in [0, 0.05) is 17.5 Å². The molecule has 2 rings (SSSR count). The Morgan fingerprint density at radius 1 is 1.32 bits per heavy atom. The quantitative estimate of drug-likeness (QED) is 0.722. The maximum Gasteiger partial charge on any atom is 0.253 e. The van der Waals surface area contributed by atoms with Gasteiger partial charge < -0.3 is 4.57 Å². The average Bonchev–Trinajstić information content (AvgIpc) is 2.54. The number of hydrogen-bond donors (Lipinski definition) is 0. The minimum absolute atomic E-state index is 0.156. The maximum atomic E-state index is 12.0. The number of carbonyl (C=O) groups excluding carboxylic acids is 1. The van der Waals surface area contributed by atoms with Crippen molar-refractivity contribution in [3.05, 3.63) is 27.0 Å². The van der Waals surface area contributed by atoms with E-state index in [1.54, 1.807) is 6.07 Å². The highest BCUT2D eigenvalue weighted by Gasteiger charge is 2.21. The molecule has 0 aliphatic carbocycles. The molecule has 0 bridgehead atoms. The lowest BCUT2D eigenvalue weighted by Gasteiger charge is -2.11. The first-order chi connectivity index (χ1) is 8.70. The first kappa shape index (κ1) is 14.6. The van der Waals surface area contributed by atoms with E-state index >= 15 is 0 Å². The number of aryl methyl sites for hydroxylation is 1. The zero-order valence-electron chi connectivity index (χ0n) is 11.1. The van der Waals surface area contributed by atoms with Gasteiger partial charge in [0.25, 0.3) is 5.91 Å². The summed E-state index contributed by atoms with van der Waals surface area (Å²) in [5.41, 5.74) is 0.349. The van der Waals surface area contributed by atoms with Crippen LogP contribution in [0.2, 0.25) is 10.0 Å². The SMILES string of the molecule is Cn1c(=NC(=O)C(C)(C)C)sc2cc(Cl)cc(Cl)c21. The summed E-state index contributed by atoms with van der Waals surface area (Å²) >= 11 is 13.6. The summed E-state index contributed by atoms with van der Waals surface area (Å²) in [7, 11) is 1.84. The lowest BCUT2D eigenvalue weighted by Crippen LogP contribution is -2.22. The largest absolute Gasteiger partial charge is 0.318 e. The minimum Gasteiger partial charge on any atom is -0.318 e. The van der Waals surface area contributed by atoms with Gasteiger partial charge in [-0.25, -0.2) is 0 Å². The van der Waals surface area contributed by atoms with Crippen LogP contribution in [-0.2, 0) is 11.8 Å². The Morgan fingerprint density at radius 3 is 2.53 bits per heavy atom. The number of fused-ring (bicyclic) bond motifs is 1. The number of thiazole rings is 1. The highest BCUT2D eigenvalue weighted by atomic mass is 35.5. The molecule has 0 aliphatic heterocycles. The van der Waals surface area contributed by atoms with Crippen molar-refractivity contribution < 1.29 is 4.79 Å². The Labute approximate surface area is 125 Å². The maximum absolute atomic E-state index is 12.0. The molecule has 0 unspecified atom stereocenters. The van der Waals surface area contributed by atoms with Crippen LogP contribution >= 0.6 is 34.5 Å². The minimum atomic E-state index is -0.495. The second-order valence-corrected chi connectivity index (χ2v) is 7.20. The van der Waals surface area contributed by atoms with Crippen molar-refractivity contribution in [1.29, 1.82) is 0 Å². The Kier molecular flexibility index (Phi) is 3.78. The molecule has 0 saturated carbocycles. The van der Waals surface area contributed by atoms with Gasteiger partial charge in [0.05, 0.1) is 15.2 Å². The molecule has 2 aromatic rings. The molecular weight excluding hydrogens is 303 g/mol. The highest BCUT2D eigenvalue weighted by molar-refractivity contribution is 7.16. The summed E-state index contributed by atoms with van der Waals surface area (Å²) in [6.45, 7) is 5.53. The number of amides is 1. The number of benzene rings is 1. The molecule has 1 aromatic carbocycles. The van der Waals surface area contributed by atoms with Crippen molar-refractivity contribution >= 4 is 50.7 Å². The summed E-state index contributed by atoms with van der Waals surface area (Å²) in [5, 5.41) is 1.14. The van der Waals surface area contributed by atoms with Crippen LogP contribution in [0.1, 0.15) is 20.8 Å². The molecule has 1 heterocycles. The topological polar surface area (TPSA) is 34.4 Å². The van der Waals surface area contributed by atoms with Crippen LogP contribution in [-0.4, -0.2) is 10.5 Å². The molecule has 19 heavy (non-hydrogen) atoms. The van der Waals surface area contributed by atoms with E-state index in [4.69, 9.17) is 23.2 Å². The lowest BCUT2D eigenvalue weighted by atomic mass is 9.96. The van der Waals surface area contributed by atoms with E-state index in [9.17, 15) is 4.79 Å². The second-order valence-electron chi connectivity index (χ2n) is 5.34. The monoisotopic (exact) mass is 316 g/mol. The fourth-order valence-corrected chi connectivity index (χ4v) is 3.38. The summed E-state index contributed by atoms with van der Waals surface area (Å²) in [5.74, 6) is -0.156. The van der Waals surface area contributed by atoms with Gasteiger partial charge >= 0.3 is 0 Å². The third kappa shape index (κ3) is 2.86. The molecule has 0 spiro atoms. The van der Waals surface area contributed by atoms with Gasteiger partial charge in [-0.1, -0.05) is 55.3 Å². The molecule has 1 aromatic heterocycles. The number of rotatable bonds is 0. The fourth-order valence-electron chi connectivity index (χ4n) is 1.56. The molecule has 0 radical (unpaired) electrons. The van der Waals surface area contributed by atoms with Crippen LogP contribution in [0.15, 0.2) is 17.1 Å². The number of hydrogen-bond acceptors (Lipinski definition) is 2. The van der Waals surface area contributed by atoms with E-state index in [1.807, 2.05) is 38.5 Å². The van der Waals surface area contributed by atoms with E-state index < -0.39 is 5.41 Å². The summed E-state index contributed by atoms with van der Waals surface area (Å²) in [6, 6.07) is 3.52. The first-order valence-corrected chi connectivity index (χ1v) is 7.31. The molecule has 102 valence electrons. The summed E-state index contributed by atoms with van der Waals surface area (Å²) in [4.78, 5) is 16.8. The van der Waals surface area contributed by atoms with Gasteiger partial charge in [-0.2, -0.15) is 4.99 Å². The molecule has 0 saturated heterocycles. The van der Waals surface area contributed by atoms with Crippen LogP contribution in [0, 0.1) is 5.41 Å². The predicted molar refractivity (Wildman–Crippen MR) is 80.8 cm³/mol. The van der Waals surface area contributed by atoms with Gasteiger partial charge in [-0.3, -0.25) is 4.79 Å². The van der Waals surface area contributed by atoms with Gasteiger partial charge in [0.1, 0.15) is 0 Å². The van der Waals surface area contributed by atoms with Crippen LogP contribution in [0.4, 0.5) is 0 Å². The van der Waals surface area contributed by atoms with Crippen LogP contribution < -0.4 is 4.80 Å². The van der Waals surface area contributed by atoms with Crippen molar-refractivity contribution in [3.63, 3.8) is 0 Å². The molecule has 6 heteroatoms. The average molecular weight is 317 g/mol. The van der Waals surface area contributed by atoms with Gasteiger partial charge in [-0.15, -0.1) is 0 Å². The standard InChI is InChI=1S/C13H14Cl2N2OS/c1-13(2,3)11(18)16-12-17(4)10-8(15)5-7(14)6-9(10)19-12/h5-6H,1-4H3. The van der Waals surface area contributed by atoms with Crippen LogP contribution in [0.3, 0.4) is 0 Å². The van der Waals surface area contributed by atoms with Gasteiger partial charge in [0.15, 0.2) is 4.80 Å². The smallest absolute Gasteiger partial charge is 0.253 e. The Morgan fingerprint density at radius 2 is 1.95 bits per heavy atom. The molecular formula is C13H14Cl2N2OS. The van der Waals surface area contributed by atoms with E-state index in [0.717, 1.165) is 10.2 Å². The number of carbonyl (C=O) groups is 1. The summed E-state index contributed by atoms with van der Waals surface area (Å²) < 4.78 is 2.74. The second kappa shape index (κ2) is 4.93. The number of aromatic nitrogens is 1. The van der Waals surface area contributed by atoms with Gasteiger partial charge in [-0.05, 0) is 12.1 Å². The third-order valence-corrected chi connectivity index (χ3v) is 4.24. The molecule has 3 nitrogen and oxygen atoms in total. The van der Waals surface area contributed by atoms with Crippen molar-refractivity contribution in [2.24, 2.45) is 17.5 Å². The molecule has 0 atom stereocenters. The van der Waals surface area contributed by atoms with E-state index in [1.165, 1.54) is 11.3 Å². The van der Waals surface area contributed by atoms with E-state index in [2.05, 4.69) is 4.99 Å². The number of nitrogens with zero attached hydrogens (tertiary/aromatic N) is 2. The van der Waals surface area contributed by atoms with Crippen LogP contribution in [0.25, 0.3) is 10.2 Å². The first-order valence-electron chi connectivity index (χ1n) is 5.74. The molecule has 0 N–H and O–H groups in total. The van der Waals surface area contributed by atoms with Crippen LogP contribution in [0.5, 0.6) is 0 Å². The normalized spacial score (nSPS) is 13.3. The Balaban J connectivity index is 2.71. The lowest BCUT2D eigenvalue weighted by molar-refractivity contribution is -0.125. The molecule has 0 fully saturated rings. The third-order valence-electron chi connectivity index (χ3n) is 2.66. The van der Waals surface area contributed by atoms with Crippen molar-refractivity contribution in [2.75, 3.05) is 0 Å². The highest BCUT2D eigenvalue weighted by Crippen LogP contribution is 2.29. The fraction of sp³-hybridized carbons (Fsp3) is 0.385. The van der Waals surface area contributed by atoms with Crippen molar-refractivity contribution in [2.45, 2.75) is 20.8 Å². The zero-order chi connectivity index (χ0) is 14.4. The van der Waals surface area contributed by atoms with E-state index in [-0.39, 0.29) is 5.91 Å². The molecule has 1 amide bonds.